The molecule has 0 spiro atoms. The van der Waals surface area contributed by atoms with E-state index in [0.717, 1.165) is 23.5 Å². The monoisotopic (exact) mass is 332 g/mol. The fourth-order valence-corrected chi connectivity index (χ4v) is 3.08. The van der Waals surface area contributed by atoms with Crippen LogP contribution < -0.4 is 0 Å². The number of allylic oxidation sites excluding steroid dienone is 7. The zero-order valence-electron chi connectivity index (χ0n) is 15.1. The maximum absolute atomic E-state index is 6.10. The molecule has 0 N–H and O–H groups in total. The van der Waals surface area contributed by atoms with E-state index < -0.39 is 0 Å². The van der Waals surface area contributed by atoms with Crippen LogP contribution in [0, 0.1) is 0 Å². The van der Waals surface area contributed by atoms with Crippen LogP contribution in [0.15, 0.2) is 96.4 Å². The molecule has 0 saturated carbocycles. The Morgan fingerprint density at radius 3 is 2.64 bits per heavy atom. The molecule has 1 aromatic rings. The Labute approximate surface area is 150 Å². The fourth-order valence-electron chi connectivity index (χ4n) is 3.08. The summed E-state index contributed by atoms with van der Waals surface area (Å²) in [5.41, 5.74) is 3.36. The Bertz CT molecular complexity index is 845. The third-order valence-corrected chi connectivity index (χ3v) is 4.76. The second-order valence-corrected chi connectivity index (χ2v) is 6.81. The summed E-state index contributed by atoms with van der Waals surface area (Å²) < 4.78 is 12.2. The number of hydrogen-bond acceptors (Lipinski definition) is 2. The number of benzene rings is 1. The molecule has 2 aliphatic rings. The maximum Gasteiger partial charge on any atom is 0.169 e. The summed E-state index contributed by atoms with van der Waals surface area (Å²) in [5, 5.41) is 0. The van der Waals surface area contributed by atoms with Crippen molar-refractivity contribution in [3.63, 3.8) is 0 Å². The molecule has 0 unspecified atom stereocenters. The van der Waals surface area contributed by atoms with Crippen LogP contribution in [0.3, 0.4) is 0 Å². The van der Waals surface area contributed by atoms with E-state index in [2.05, 4.69) is 57.3 Å². The van der Waals surface area contributed by atoms with Crippen molar-refractivity contribution in [3.05, 3.63) is 108 Å². The molecule has 0 aromatic heterocycles. The summed E-state index contributed by atoms with van der Waals surface area (Å²) in [6.45, 7) is 14.3. The molecule has 1 heterocycles. The summed E-state index contributed by atoms with van der Waals surface area (Å²) in [4.78, 5) is 0. The first-order valence-corrected chi connectivity index (χ1v) is 8.49. The molecule has 1 aliphatic heterocycles. The lowest BCUT2D eigenvalue weighted by Crippen LogP contribution is -2.21. The first kappa shape index (κ1) is 17.1. The molecule has 1 aromatic carbocycles. The van der Waals surface area contributed by atoms with E-state index in [0.29, 0.717) is 11.5 Å². The van der Waals surface area contributed by atoms with Gasteiger partial charge in [-0.25, -0.2) is 0 Å². The van der Waals surface area contributed by atoms with Crippen molar-refractivity contribution in [1.29, 1.82) is 0 Å². The Balaban J connectivity index is 2.10. The molecule has 0 fully saturated rings. The molecule has 0 radical (unpaired) electrons. The van der Waals surface area contributed by atoms with Crippen molar-refractivity contribution in [3.8, 4) is 0 Å². The third-order valence-electron chi connectivity index (χ3n) is 4.76. The van der Waals surface area contributed by atoms with Crippen molar-refractivity contribution in [1.82, 2.24) is 0 Å². The van der Waals surface area contributed by atoms with Gasteiger partial charge in [-0.15, -0.1) is 0 Å². The van der Waals surface area contributed by atoms with E-state index >= 15 is 0 Å². The molecule has 2 nitrogen and oxygen atoms in total. The highest BCUT2D eigenvalue weighted by Crippen LogP contribution is 2.38. The number of fused-ring (bicyclic) bond motifs is 2. The van der Waals surface area contributed by atoms with Gasteiger partial charge in [0.05, 0.1) is 0 Å². The third kappa shape index (κ3) is 3.25. The SMILES string of the molecule is C=C/C=C\C1=C(C)OC2=CC(=C)C(C)(C)c3ccccc3CC=C2O1. The zero-order chi connectivity index (χ0) is 18.0. The molecular formula is C23H24O2. The lowest BCUT2D eigenvalue weighted by Gasteiger charge is -2.29. The molecule has 2 heteroatoms. The summed E-state index contributed by atoms with van der Waals surface area (Å²) in [6, 6.07) is 8.49. The van der Waals surface area contributed by atoms with Gasteiger partial charge in [0.25, 0.3) is 0 Å². The van der Waals surface area contributed by atoms with Crippen molar-refractivity contribution in [2.45, 2.75) is 32.6 Å². The predicted octanol–water partition coefficient (Wildman–Crippen LogP) is 5.86. The molecule has 128 valence electrons. The summed E-state index contributed by atoms with van der Waals surface area (Å²) in [6.07, 6.45) is 10.3. The van der Waals surface area contributed by atoms with E-state index in [1.54, 1.807) is 6.08 Å². The topological polar surface area (TPSA) is 18.5 Å². The summed E-state index contributed by atoms with van der Waals surface area (Å²) in [5.74, 6) is 2.85. The largest absolute Gasteiger partial charge is 0.454 e. The highest BCUT2D eigenvalue weighted by Gasteiger charge is 2.29. The van der Waals surface area contributed by atoms with Gasteiger partial charge >= 0.3 is 0 Å². The first-order valence-electron chi connectivity index (χ1n) is 8.49. The Kier molecular flexibility index (Phi) is 4.54. The van der Waals surface area contributed by atoms with Crippen molar-refractivity contribution in [2.24, 2.45) is 0 Å². The van der Waals surface area contributed by atoms with Gasteiger partial charge < -0.3 is 9.47 Å². The van der Waals surface area contributed by atoms with Crippen LogP contribution in [-0.4, -0.2) is 0 Å². The van der Waals surface area contributed by atoms with Gasteiger partial charge in [0.2, 0.25) is 0 Å². The van der Waals surface area contributed by atoms with E-state index in [9.17, 15) is 0 Å². The minimum Gasteiger partial charge on any atom is -0.454 e. The Hall–Kier alpha value is -2.74. The van der Waals surface area contributed by atoms with Gasteiger partial charge in [0.15, 0.2) is 17.3 Å². The van der Waals surface area contributed by atoms with Crippen LogP contribution in [0.1, 0.15) is 31.9 Å². The quantitative estimate of drug-likeness (QED) is 0.631. The van der Waals surface area contributed by atoms with Gasteiger partial charge in [0, 0.05) is 5.41 Å². The zero-order valence-corrected chi connectivity index (χ0v) is 15.1. The molecule has 0 atom stereocenters. The van der Waals surface area contributed by atoms with Crippen LogP contribution in [-0.2, 0) is 21.3 Å². The molecule has 1 aliphatic carbocycles. The molecule has 0 amide bonds. The second-order valence-electron chi connectivity index (χ2n) is 6.81. The Morgan fingerprint density at radius 2 is 1.88 bits per heavy atom. The van der Waals surface area contributed by atoms with Gasteiger partial charge in [-0.05, 0) is 48.3 Å². The summed E-state index contributed by atoms with van der Waals surface area (Å²) in [7, 11) is 0. The van der Waals surface area contributed by atoms with E-state index in [1.165, 1.54) is 11.1 Å². The number of ether oxygens (including phenoxy) is 2. The second kappa shape index (κ2) is 6.64. The molecule has 0 saturated heterocycles. The van der Waals surface area contributed by atoms with Crippen LogP contribution >= 0.6 is 0 Å². The van der Waals surface area contributed by atoms with Gasteiger partial charge in [0.1, 0.15) is 5.76 Å². The van der Waals surface area contributed by atoms with Crippen LogP contribution in [0.25, 0.3) is 0 Å². The smallest absolute Gasteiger partial charge is 0.169 e. The van der Waals surface area contributed by atoms with Crippen LogP contribution in [0.2, 0.25) is 0 Å². The van der Waals surface area contributed by atoms with E-state index in [-0.39, 0.29) is 5.41 Å². The molecule has 3 rings (SSSR count). The maximum atomic E-state index is 6.10. The van der Waals surface area contributed by atoms with Crippen molar-refractivity contribution in [2.75, 3.05) is 0 Å². The lowest BCUT2D eigenvalue weighted by atomic mass is 9.76. The normalized spacial score (nSPS) is 19.4. The number of hydrogen-bond donors (Lipinski definition) is 0. The van der Waals surface area contributed by atoms with Gasteiger partial charge in [-0.2, -0.15) is 0 Å². The highest BCUT2D eigenvalue weighted by atomic mass is 16.6. The van der Waals surface area contributed by atoms with E-state index in [1.807, 2.05) is 25.2 Å². The number of rotatable bonds is 2. The molecule has 0 bridgehead atoms. The predicted molar refractivity (Wildman–Crippen MR) is 103 cm³/mol. The average molecular weight is 332 g/mol. The van der Waals surface area contributed by atoms with Crippen molar-refractivity contribution >= 4 is 0 Å². The van der Waals surface area contributed by atoms with Crippen LogP contribution in [0.4, 0.5) is 0 Å². The fraction of sp³-hybridized carbons (Fsp3) is 0.217. The molecule has 25 heavy (non-hydrogen) atoms. The minimum absolute atomic E-state index is 0.184. The lowest BCUT2D eigenvalue weighted by molar-refractivity contribution is 0.179. The minimum atomic E-state index is -0.184. The van der Waals surface area contributed by atoms with Gasteiger partial charge in [-0.1, -0.05) is 63.4 Å². The average Bonchev–Trinajstić information content (AvgIpc) is 2.63. The van der Waals surface area contributed by atoms with Gasteiger partial charge in [-0.3, -0.25) is 0 Å². The highest BCUT2D eigenvalue weighted by molar-refractivity contribution is 5.48. The molecular weight excluding hydrogens is 308 g/mol. The standard InChI is InChI=1S/C23H24O2/c1-6-7-12-20-17(3)24-22-15-16(2)23(4,5)19-11-9-8-10-18(19)13-14-21(22)25-20/h6-12,14-15H,1-2,13H2,3-5H3/b12-7-,21-14?,22-15?. The first-order chi connectivity index (χ1) is 11.9. The Morgan fingerprint density at radius 1 is 1.12 bits per heavy atom. The van der Waals surface area contributed by atoms with Crippen LogP contribution in [0.5, 0.6) is 0 Å². The van der Waals surface area contributed by atoms with E-state index in [4.69, 9.17) is 9.47 Å². The van der Waals surface area contributed by atoms with Crippen molar-refractivity contribution < 1.29 is 9.47 Å². The summed E-state index contributed by atoms with van der Waals surface area (Å²) >= 11 is 0.